The average Bonchev–Trinajstić information content (AvgIpc) is 2.28. The Hall–Kier alpha value is -1.10. The molecule has 4 nitrogen and oxygen atoms in total. The second kappa shape index (κ2) is 2.45. The van der Waals surface area contributed by atoms with Gasteiger partial charge in [0.15, 0.2) is 5.82 Å². The van der Waals surface area contributed by atoms with Crippen LogP contribution in [0.1, 0.15) is 0 Å². The van der Waals surface area contributed by atoms with E-state index in [-0.39, 0.29) is 0 Å². The van der Waals surface area contributed by atoms with Crippen molar-refractivity contribution in [2.24, 2.45) is 7.05 Å². The molecule has 0 saturated carbocycles. The van der Waals surface area contributed by atoms with E-state index in [1.165, 1.54) is 0 Å². The molecule has 0 aromatic carbocycles. The number of fused-ring (bicyclic) bond motifs is 1. The molecule has 0 aliphatic rings. The Balaban J connectivity index is 2.90. The Bertz CT molecular complexity index is 434. The van der Waals surface area contributed by atoms with Crippen LogP contribution in [0.3, 0.4) is 0 Å². The first-order valence-corrected chi connectivity index (χ1v) is 4.21. The summed E-state index contributed by atoms with van der Waals surface area (Å²) < 4.78 is 2.64. The lowest BCUT2D eigenvalue weighted by molar-refractivity contribution is 0.802. The van der Waals surface area contributed by atoms with Crippen LogP contribution < -0.4 is 5.73 Å². The van der Waals surface area contributed by atoms with Crippen molar-refractivity contribution >= 4 is 32.8 Å². The van der Waals surface area contributed by atoms with Gasteiger partial charge in [0.1, 0.15) is 5.52 Å². The maximum Gasteiger partial charge on any atom is 0.172 e. The Labute approximate surface area is 77.5 Å². The molecule has 0 spiro atoms. The van der Waals surface area contributed by atoms with Gasteiger partial charge in [-0.15, -0.1) is 0 Å². The molecule has 2 aromatic rings. The fourth-order valence-corrected chi connectivity index (χ4v) is 1.45. The van der Waals surface area contributed by atoms with Crippen molar-refractivity contribution in [3.8, 4) is 0 Å². The third-order valence-electron chi connectivity index (χ3n) is 1.68. The molecule has 0 amide bonds. The number of pyridine rings is 1. The van der Waals surface area contributed by atoms with Gasteiger partial charge < -0.3 is 5.73 Å². The monoisotopic (exact) mass is 226 g/mol. The predicted molar refractivity (Wildman–Crippen MR) is 50.6 cm³/mol. The zero-order valence-corrected chi connectivity index (χ0v) is 8.04. The van der Waals surface area contributed by atoms with Gasteiger partial charge in [0, 0.05) is 17.7 Å². The lowest BCUT2D eigenvalue weighted by atomic mass is 10.4. The Morgan fingerprint density at radius 2 is 2.33 bits per heavy atom. The molecule has 0 atom stereocenters. The summed E-state index contributed by atoms with van der Waals surface area (Å²) >= 11 is 3.33. The van der Waals surface area contributed by atoms with Crippen LogP contribution in [0.5, 0.6) is 0 Å². The van der Waals surface area contributed by atoms with Crippen LogP contribution in [0.15, 0.2) is 16.7 Å². The van der Waals surface area contributed by atoms with E-state index in [1.807, 2.05) is 13.1 Å². The van der Waals surface area contributed by atoms with E-state index in [0.717, 1.165) is 15.5 Å². The molecular formula is C7H7BrN4. The van der Waals surface area contributed by atoms with Crippen molar-refractivity contribution in [2.75, 3.05) is 5.73 Å². The number of nitrogens with two attached hydrogens (primary N) is 1. The van der Waals surface area contributed by atoms with Crippen molar-refractivity contribution < 1.29 is 0 Å². The molecule has 62 valence electrons. The summed E-state index contributed by atoms with van der Waals surface area (Å²) in [5.41, 5.74) is 7.30. The van der Waals surface area contributed by atoms with Crippen molar-refractivity contribution in [3.63, 3.8) is 0 Å². The number of aryl methyl sites for hydroxylation is 1. The third kappa shape index (κ3) is 0.972. The lowest BCUT2D eigenvalue weighted by Gasteiger charge is -1.92. The topological polar surface area (TPSA) is 56.7 Å². The molecule has 0 saturated heterocycles. The van der Waals surface area contributed by atoms with Crippen LogP contribution in [-0.4, -0.2) is 14.8 Å². The predicted octanol–water partition coefficient (Wildman–Crippen LogP) is 1.31. The van der Waals surface area contributed by atoms with E-state index in [1.54, 1.807) is 10.9 Å². The normalized spacial score (nSPS) is 10.8. The molecule has 0 fully saturated rings. The highest BCUT2D eigenvalue weighted by Crippen LogP contribution is 2.20. The van der Waals surface area contributed by atoms with E-state index >= 15 is 0 Å². The second-order valence-corrected chi connectivity index (χ2v) is 3.45. The molecule has 2 rings (SSSR count). The molecule has 0 aliphatic heterocycles. The number of nitrogen functional groups attached to an aromatic ring is 1. The number of halogens is 1. The van der Waals surface area contributed by atoms with E-state index in [4.69, 9.17) is 5.73 Å². The quantitative estimate of drug-likeness (QED) is 0.738. The molecule has 2 heterocycles. The minimum atomic E-state index is 0.472. The number of nitrogens with zero attached hydrogens (tertiary/aromatic N) is 3. The lowest BCUT2D eigenvalue weighted by Crippen LogP contribution is -1.91. The molecule has 5 heteroatoms. The molecule has 0 radical (unpaired) electrons. The molecule has 0 bridgehead atoms. The number of anilines is 1. The van der Waals surface area contributed by atoms with Gasteiger partial charge in [0.25, 0.3) is 0 Å². The number of aromatic nitrogens is 3. The first-order chi connectivity index (χ1) is 5.68. The Kier molecular flexibility index (Phi) is 1.54. The number of rotatable bonds is 0. The van der Waals surface area contributed by atoms with Gasteiger partial charge in [0.05, 0.1) is 5.52 Å². The van der Waals surface area contributed by atoms with Crippen LogP contribution in [0.25, 0.3) is 11.0 Å². The fourth-order valence-electron chi connectivity index (χ4n) is 1.14. The number of hydrogen-bond donors (Lipinski definition) is 1. The van der Waals surface area contributed by atoms with Crippen LogP contribution in [0.4, 0.5) is 5.82 Å². The van der Waals surface area contributed by atoms with E-state index in [2.05, 4.69) is 26.0 Å². The van der Waals surface area contributed by atoms with Gasteiger partial charge in [-0.05, 0) is 22.0 Å². The maximum absolute atomic E-state index is 5.62. The highest BCUT2D eigenvalue weighted by Gasteiger charge is 2.05. The summed E-state index contributed by atoms with van der Waals surface area (Å²) in [5, 5.41) is 4.04. The third-order valence-corrected chi connectivity index (χ3v) is 2.12. The molecule has 2 N–H and O–H groups in total. The second-order valence-electron chi connectivity index (χ2n) is 2.53. The zero-order valence-electron chi connectivity index (χ0n) is 6.45. The average molecular weight is 227 g/mol. The standard InChI is InChI=1S/C7H7BrN4/c1-12-5-2-4(8)3-10-6(5)7(9)11-12/h2-3H,1H3,(H2,9,11). The summed E-state index contributed by atoms with van der Waals surface area (Å²) in [5.74, 6) is 0.472. The minimum Gasteiger partial charge on any atom is -0.380 e. The van der Waals surface area contributed by atoms with Crippen LogP contribution in [-0.2, 0) is 7.05 Å². The summed E-state index contributed by atoms with van der Waals surface area (Å²) in [6, 6.07) is 1.94. The van der Waals surface area contributed by atoms with Gasteiger partial charge >= 0.3 is 0 Å². The summed E-state index contributed by atoms with van der Waals surface area (Å²) in [4.78, 5) is 4.15. The molecule has 0 aliphatic carbocycles. The first kappa shape index (κ1) is 7.54. The van der Waals surface area contributed by atoms with Gasteiger partial charge in [-0.3, -0.25) is 4.68 Å². The smallest absolute Gasteiger partial charge is 0.172 e. The highest BCUT2D eigenvalue weighted by molar-refractivity contribution is 9.10. The number of hydrogen-bond acceptors (Lipinski definition) is 3. The molecular weight excluding hydrogens is 220 g/mol. The Morgan fingerprint density at radius 1 is 1.58 bits per heavy atom. The SMILES string of the molecule is Cn1nc(N)c2ncc(Br)cc21. The largest absolute Gasteiger partial charge is 0.380 e. The molecule has 0 unspecified atom stereocenters. The zero-order chi connectivity index (χ0) is 8.72. The van der Waals surface area contributed by atoms with Gasteiger partial charge in [-0.2, -0.15) is 5.10 Å². The van der Waals surface area contributed by atoms with Gasteiger partial charge in [-0.25, -0.2) is 4.98 Å². The van der Waals surface area contributed by atoms with Crippen LogP contribution >= 0.6 is 15.9 Å². The van der Waals surface area contributed by atoms with Crippen molar-refractivity contribution in [3.05, 3.63) is 16.7 Å². The fraction of sp³-hybridized carbons (Fsp3) is 0.143. The van der Waals surface area contributed by atoms with Crippen molar-refractivity contribution in [1.29, 1.82) is 0 Å². The first-order valence-electron chi connectivity index (χ1n) is 3.42. The van der Waals surface area contributed by atoms with Gasteiger partial charge in [-0.1, -0.05) is 0 Å². The minimum absolute atomic E-state index is 0.472. The van der Waals surface area contributed by atoms with E-state index < -0.39 is 0 Å². The highest BCUT2D eigenvalue weighted by atomic mass is 79.9. The maximum atomic E-state index is 5.62. The van der Waals surface area contributed by atoms with E-state index in [9.17, 15) is 0 Å². The molecule has 12 heavy (non-hydrogen) atoms. The van der Waals surface area contributed by atoms with Crippen molar-refractivity contribution in [2.45, 2.75) is 0 Å². The van der Waals surface area contributed by atoms with Gasteiger partial charge in [0.2, 0.25) is 0 Å². The summed E-state index contributed by atoms with van der Waals surface area (Å²) in [7, 11) is 1.84. The summed E-state index contributed by atoms with van der Waals surface area (Å²) in [6.45, 7) is 0. The molecule has 2 aromatic heterocycles. The van der Waals surface area contributed by atoms with Crippen LogP contribution in [0.2, 0.25) is 0 Å². The van der Waals surface area contributed by atoms with E-state index in [0.29, 0.717) is 5.82 Å². The summed E-state index contributed by atoms with van der Waals surface area (Å²) in [6.07, 6.45) is 1.71. The van der Waals surface area contributed by atoms with Crippen LogP contribution in [0, 0.1) is 0 Å². The van der Waals surface area contributed by atoms with Crippen molar-refractivity contribution in [1.82, 2.24) is 14.8 Å². The Morgan fingerprint density at radius 3 is 3.08 bits per heavy atom.